The number of benzene rings is 1. The van der Waals surface area contributed by atoms with Crippen molar-refractivity contribution in [1.29, 1.82) is 0 Å². The molecule has 2 aromatic rings. The Morgan fingerprint density at radius 2 is 2.25 bits per heavy atom. The molecule has 1 heterocycles. The van der Waals surface area contributed by atoms with Gasteiger partial charge in [-0.05, 0) is 12.1 Å². The number of anilines is 1. The molecule has 2 N–H and O–H groups in total. The Hall–Kier alpha value is -2.50. The zero-order chi connectivity index (χ0) is 14.5. The molecular formula is C14H17N3O3. The van der Waals surface area contributed by atoms with Crippen LogP contribution < -0.4 is 10.5 Å². The van der Waals surface area contributed by atoms with E-state index in [1.54, 1.807) is 24.4 Å². The standard InChI is InChI=1S/C14H17N3O3/c1-17-8-7-16-12(17)6-9-20-14(18)13-10(15)4-3-5-11(13)19-2/h3-5,7-8H,6,9,15H2,1-2H3. The minimum atomic E-state index is -0.492. The summed E-state index contributed by atoms with van der Waals surface area (Å²) in [6, 6.07) is 5.03. The van der Waals surface area contributed by atoms with E-state index in [0.717, 1.165) is 5.82 Å². The van der Waals surface area contributed by atoms with Crippen molar-refractivity contribution in [3.05, 3.63) is 42.0 Å². The number of hydrogen-bond donors (Lipinski definition) is 1. The molecule has 0 aliphatic heterocycles. The van der Waals surface area contributed by atoms with Gasteiger partial charge in [0.25, 0.3) is 0 Å². The lowest BCUT2D eigenvalue weighted by atomic mass is 10.1. The maximum Gasteiger partial charge on any atom is 0.344 e. The molecule has 0 aliphatic rings. The number of carbonyl (C=O) groups excluding carboxylic acids is 1. The first-order chi connectivity index (χ1) is 9.63. The van der Waals surface area contributed by atoms with Gasteiger partial charge < -0.3 is 19.8 Å². The van der Waals surface area contributed by atoms with Gasteiger partial charge in [-0.3, -0.25) is 0 Å². The topological polar surface area (TPSA) is 79.4 Å². The fourth-order valence-corrected chi connectivity index (χ4v) is 1.88. The number of nitrogens with two attached hydrogens (primary N) is 1. The van der Waals surface area contributed by atoms with Crippen LogP contribution in [0.25, 0.3) is 0 Å². The second kappa shape index (κ2) is 6.10. The van der Waals surface area contributed by atoms with Crippen LogP contribution in [0.5, 0.6) is 5.75 Å². The van der Waals surface area contributed by atoms with E-state index in [-0.39, 0.29) is 12.2 Å². The number of aromatic nitrogens is 2. The third-order valence-corrected chi connectivity index (χ3v) is 2.96. The Balaban J connectivity index is 2.00. The van der Waals surface area contributed by atoms with Crippen molar-refractivity contribution in [2.45, 2.75) is 6.42 Å². The zero-order valence-corrected chi connectivity index (χ0v) is 11.5. The van der Waals surface area contributed by atoms with E-state index in [1.807, 2.05) is 17.8 Å². The summed E-state index contributed by atoms with van der Waals surface area (Å²) in [5.74, 6) is 0.770. The average molecular weight is 275 g/mol. The van der Waals surface area contributed by atoms with Gasteiger partial charge in [-0.25, -0.2) is 9.78 Å². The summed E-state index contributed by atoms with van der Waals surface area (Å²) >= 11 is 0. The molecule has 1 aromatic heterocycles. The predicted octanol–water partition coefficient (Wildman–Crippen LogP) is 1.41. The van der Waals surface area contributed by atoms with Crippen LogP contribution >= 0.6 is 0 Å². The van der Waals surface area contributed by atoms with Gasteiger partial charge in [0, 0.05) is 31.5 Å². The maximum atomic E-state index is 12.0. The van der Waals surface area contributed by atoms with Crippen LogP contribution in [0.2, 0.25) is 0 Å². The van der Waals surface area contributed by atoms with E-state index in [4.69, 9.17) is 15.2 Å². The molecule has 0 unspecified atom stereocenters. The van der Waals surface area contributed by atoms with Gasteiger partial charge in [-0.1, -0.05) is 6.07 Å². The SMILES string of the molecule is COc1cccc(N)c1C(=O)OCCc1nccn1C. The van der Waals surface area contributed by atoms with Crippen LogP contribution in [-0.2, 0) is 18.2 Å². The Bertz CT molecular complexity index is 607. The lowest BCUT2D eigenvalue weighted by molar-refractivity contribution is 0.0504. The Labute approximate surface area is 117 Å². The van der Waals surface area contributed by atoms with Gasteiger partial charge in [0.15, 0.2) is 0 Å². The summed E-state index contributed by atoms with van der Waals surface area (Å²) in [6.07, 6.45) is 4.09. The molecular weight excluding hydrogens is 258 g/mol. The average Bonchev–Trinajstić information content (AvgIpc) is 2.84. The fraction of sp³-hybridized carbons (Fsp3) is 0.286. The maximum absolute atomic E-state index is 12.0. The van der Waals surface area contributed by atoms with Crippen molar-refractivity contribution < 1.29 is 14.3 Å². The predicted molar refractivity (Wildman–Crippen MR) is 74.6 cm³/mol. The fourth-order valence-electron chi connectivity index (χ4n) is 1.88. The van der Waals surface area contributed by atoms with Gasteiger partial charge in [-0.2, -0.15) is 0 Å². The summed E-state index contributed by atoms with van der Waals surface area (Å²) in [7, 11) is 3.38. The Morgan fingerprint density at radius 1 is 1.45 bits per heavy atom. The summed E-state index contributed by atoms with van der Waals surface area (Å²) < 4.78 is 12.2. The van der Waals surface area contributed by atoms with E-state index < -0.39 is 5.97 Å². The highest BCUT2D eigenvalue weighted by Gasteiger charge is 2.17. The van der Waals surface area contributed by atoms with Crippen molar-refractivity contribution in [2.24, 2.45) is 7.05 Å². The first-order valence-electron chi connectivity index (χ1n) is 6.19. The number of esters is 1. The molecule has 0 aliphatic carbocycles. The van der Waals surface area contributed by atoms with Crippen LogP contribution in [0.4, 0.5) is 5.69 Å². The van der Waals surface area contributed by atoms with Crippen LogP contribution in [0.3, 0.4) is 0 Å². The van der Waals surface area contributed by atoms with Gasteiger partial charge in [0.2, 0.25) is 0 Å². The molecule has 0 radical (unpaired) electrons. The van der Waals surface area contributed by atoms with E-state index in [9.17, 15) is 4.79 Å². The van der Waals surface area contributed by atoms with E-state index in [0.29, 0.717) is 17.9 Å². The van der Waals surface area contributed by atoms with Crippen molar-refractivity contribution in [2.75, 3.05) is 19.5 Å². The second-order valence-corrected chi connectivity index (χ2v) is 4.26. The number of ether oxygens (including phenoxy) is 2. The minimum absolute atomic E-state index is 0.237. The number of hydrogen-bond acceptors (Lipinski definition) is 5. The molecule has 106 valence electrons. The highest BCUT2D eigenvalue weighted by Crippen LogP contribution is 2.24. The van der Waals surface area contributed by atoms with Crippen LogP contribution in [0.15, 0.2) is 30.6 Å². The zero-order valence-electron chi connectivity index (χ0n) is 11.5. The molecule has 0 bridgehead atoms. The minimum Gasteiger partial charge on any atom is -0.496 e. The number of methoxy groups -OCH3 is 1. The monoisotopic (exact) mass is 275 g/mol. The van der Waals surface area contributed by atoms with Gasteiger partial charge >= 0.3 is 5.97 Å². The quantitative estimate of drug-likeness (QED) is 0.659. The Kier molecular flexibility index (Phi) is 4.24. The summed E-state index contributed by atoms with van der Waals surface area (Å²) in [4.78, 5) is 16.2. The summed E-state index contributed by atoms with van der Waals surface area (Å²) in [5.41, 5.74) is 6.39. The molecule has 0 amide bonds. The highest BCUT2D eigenvalue weighted by atomic mass is 16.5. The van der Waals surface area contributed by atoms with Crippen molar-refractivity contribution in [3.63, 3.8) is 0 Å². The first-order valence-corrected chi connectivity index (χ1v) is 6.19. The number of rotatable bonds is 5. The lowest BCUT2D eigenvalue weighted by Gasteiger charge is -2.10. The van der Waals surface area contributed by atoms with Crippen molar-refractivity contribution >= 4 is 11.7 Å². The van der Waals surface area contributed by atoms with Gasteiger partial charge in [0.1, 0.15) is 17.1 Å². The molecule has 0 atom stereocenters. The number of carbonyl (C=O) groups is 1. The number of nitrogen functional groups attached to an aromatic ring is 1. The lowest BCUT2D eigenvalue weighted by Crippen LogP contribution is -2.13. The second-order valence-electron chi connectivity index (χ2n) is 4.26. The van der Waals surface area contributed by atoms with E-state index >= 15 is 0 Å². The summed E-state index contributed by atoms with van der Waals surface area (Å²) in [5, 5.41) is 0. The molecule has 0 spiro atoms. The third-order valence-electron chi connectivity index (χ3n) is 2.96. The normalized spacial score (nSPS) is 10.3. The largest absolute Gasteiger partial charge is 0.496 e. The van der Waals surface area contributed by atoms with E-state index in [1.165, 1.54) is 7.11 Å². The number of aryl methyl sites for hydroxylation is 1. The molecule has 1 aromatic carbocycles. The third kappa shape index (κ3) is 2.90. The molecule has 0 saturated heterocycles. The Morgan fingerprint density at radius 3 is 2.90 bits per heavy atom. The molecule has 6 nitrogen and oxygen atoms in total. The highest BCUT2D eigenvalue weighted by molar-refractivity contribution is 5.98. The van der Waals surface area contributed by atoms with Crippen molar-refractivity contribution in [3.8, 4) is 5.75 Å². The van der Waals surface area contributed by atoms with Crippen LogP contribution in [-0.4, -0.2) is 29.2 Å². The molecule has 0 fully saturated rings. The smallest absolute Gasteiger partial charge is 0.344 e. The van der Waals surface area contributed by atoms with Gasteiger partial charge in [-0.15, -0.1) is 0 Å². The molecule has 20 heavy (non-hydrogen) atoms. The molecule has 0 saturated carbocycles. The van der Waals surface area contributed by atoms with Crippen molar-refractivity contribution in [1.82, 2.24) is 9.55 Å². The molecule has 2 rings (SSSR count). The number of imidazole rings is 1. The van der Waals surface area contributed by atoms with Crippen LogP contribution in [0, 0.1) is 0 Å². The summed E-state index contributed by atoms with van der Waals surface area (Å²) in [6.45, 7) is 0.237. The number of nitrogens with zero attached hydrogens (tertiary/aromatic N) is 2. The van der Waals surface area contributed by atoms with E-state index in [2.05, 4.69) is 4.98 Å². The van der Waals surface area contributed by atoms with Gasteiger partial charge in [0.05, 0.1) is 13.7 Å². The molecule has 6 heteroatoms. The van der Waals surface area contributed by atoms with Crippen LogP contribution in [0.1, 0.15) is 16.2 Å². The first kappa shape index (κ1) is 13.9.